The summed E-state index contributed by atoms with van der Waals surface area (Å²) in [6.07, 6.45) is 1.25. The SMILES string of the molecule is C=CC(=O)N(c1ccc(OCc2cc(F)cc3c2OCOC3)cc1)c1nc(-c2ccc(OC)cc2)cs1. The normalized spacial score (nSPS) is 12.3. The van der Waals surface area contributed by atoms with Crippen molar-refractivity contribution in [2.24, 2.45) is 0 Å². The molecule has 0 aliphatic carbocycles. The van der Waals surface area contributed by atoms with E-state index in [1.807, 2.05) is 29.6 Å². The number of ether oxygens (including phenoxy) is 4. The van der Waals surface area contributed by atoms with Crippen molar-refractivity contribution in [3.05, 3.63) is 95.6 Å². The van der Waals surface area contributed by atoms with Gasteiger partial charge in [-0.25, -0.2) is 9.37 Å². The zero-order chi connectivity index (χ0) is 25.8. The van der Waals surface area contributed by atoms with Crippen molar-refractivity contribution < 1.29 is 28.1 Å². The van der Waals surface area contributed by atoms with Crippen molar-refractivity contribution in [3.63, 3.8) is 0 Å². The molecule has 1 aliphatic rings. The lowest BCUT2D eigenvalue weighted by atomic mass is 10.1. The van der Waals surface area contributed by atoms with Crippen LogP contribution >= 0.6 is 11.3 Å². The number of carbonyl (C=O) groups is 1. The Hall–Kier alpha value is -4.21. The Kier molecular flexibility index (Phi) is 7.16. The molecule has 0 atom stereocenters. The van der Waals surface area contributed by atoms with Crippen LogP contribution in [0.5, 0.6) is 17.2 Å². The number of hydrogen-bond donors (Lipinski definition) is 0. The summed E-state index contributed by atoms with van der Waals surface area (Å²) in [7, 11) is 1.61. The number of methoxy groups -OCH3 is 1. The summed E-state index contributed by atoms with van der Waals surface area (Å²) < 4.78 is 35.9. The average Bonchev–Trinajstić information content (AvgIpc) is 3.42. The van der Waals surface area contributed by atoms with E-state index in [1.54, 1.807) is 31.4 Å². The van der Waals surface area contributed by atoms with Crippen LogP contribution in [-0.4, -0.2) is 24.8 Å². The van der Waals surface area contributed by atoms with Gasteiger partial charge >= 0.3 is 0 Å². The molecule has 0 radical (unpaired) electrons. The van der Waals surface area contributed by atoms with Crippen molar-refractivity contribution >= 4 is 28.1 Å². The number of rotatable bonds is 8. The van der Waals surface area contributed by atoms with Gasteiger partial charge in [0.1, 0.15) is 29.7 Å². The quantitative estimate of drug-likeness (QED) is 0.257. The van der Waals surface area contributed by atoms with E-state index in [9.17, 15) is 9.18 Å². The second-order valence-corrected chi connectivity index (χ2v) is 8.90. The lowest BCUT2D eigenvalue weighted by molar-refractivity contribution is -0.113. The molecule has 1 aromatic heterocycles. The highest BCUT2D eigenvalue weighted by molar-refractivity contribution is 7.14. The number of anilines is 2. The number of hydrogen-bond acceptors (Lipinski definition) is 7. The van der Waals surface area contributed by atoms with E-state index in [1.165, 1.54) is 34.4 Å². The molecule has 0 N–H and O–H groups in total. The van der Waals surface area contributed by atoms with Crippen molar-refractivity contribution in [3.8, 4) is 28.5 Å². The number of fused-ring (bicyclic) bond motifs is 1. The fourth-order valence-corrected chi connectivity index (χ4v) is 4.76. The van der Waals surface area contributed by atoms with Crippen LogP contribution in [0.2, 0.25) is 0 Å². The average molecular weight is 519 g/mol. The van der Waals surface area contributed by atoms with Gasteiger partial charge in [-0.3, -0.25) is 9.69 Å². The fourth-order valence-electron chi connectivity index (χ4n) is 3.90. The Morgan fingerprint density at radius 3 is 2.65 bits per heavy atom. The van der Waals surface area contributed by atoms with Crippen molar-refractivity contribution in [2.75, 3.05) is 18.8 Å². The first-order chi connectivity index (χ1) is 18.1. The number of carbonyl (C=O) groups excluding carboxylic acids is 1. The Morgan fingerprint density at radius 1 is 1.16 bits per heavy atom. The standard InChI is InChI=1S/C28H23FN2O5S/c1-3-26(32)31(28-30-25(16-37-28)18-4-8-23(33-2)9-5-18)22-6-10-24(11-7-22)35-15-20-13-21(29)12-19-14-34-17-36-27(19)20/h3-13,16H,1,14-15,17H2,2H3. The molecule has 3 aromatic carbocycles. The number of nitrogens with zero attached hydrogens (tertiary/aromatic N) is 2. The predicted octanol–water partition coefficient (Wildman–Crippen LogP) is 6.25. The van der Waals surface area contributed by atoms with Gasteiger partial charge in [0, 0.05) is 22.1 Å². The van der Waals surface area contributed by atoms with Crippen molar-refractivity contribution in [1.82, 2.24) is 4.98 Å². The van der Waals surface area contributed by atoms with Crippen LogP contribution in [0.15, 0.2) is 78.7 Å². The lowest BCUT2D eigenvalue weighted by Gasteiger charge is -2.21. The topological polar surface area (TPSA) is 70.1 Å². The van der Waals surface area contributed by atoms with Gasteiger partial charge in [0.25, 0.3) is 5.91 Å². The van der Waals surface area contributed by atoms with Gasteiger partial charge in [-0.15, -0.1) is 11.3 Å². The monoisotopic (exact) mass is 518 g/mol. The molecule has 0 unspecified atom stereocenters. The van der Waals surface area contributed by atoms with Crippen LogP contribution in [-0.2, 0) is 22.7 Å². The van der Waals surface area contributed by atoms with Crippen LogP contribution in [0, 0.1) is 5.82 Å². The number of benzene rings is 3. The summed E-state index contributed by atoms with van der Waals surface area (Å²) in [6.45, 7) is 4.16. The molecule has 0 saturated carbocycles. The molecular weight excluding hydrogens is 495 g/mol. The van der Waals surface area contributed by atoms with Crippen LogP contribution in [0.3, 0.4) is 0 Å². The maximum Gasteiger partial charge on any atom is 0.256 e. The van der Waals surface area contributed by atoms with Gasteiger partial charge in [0.2, 0.25) is 0 Å². The fraction of sp³-hybridized carbons (Fsp3) is 0.143. The summed E-state index contributed by atoms with van der Waals surface area (Å²) in [4.78, 5) is 18.9. The predicted molar refractivity (Wildman–Crippen MR) is 139 cm³/mol. The van der Waals surface area contributed by atoms with Crippen molar-refractivity contribution in [2.45, 2.75) is 13.2 Å². The third-order valence-corrected chi connectivity index (χ3v) is 6.53. The highest BCUT2D eigenvalue weighted by atomic mass is 32.1. The Morgan fingerprint density at radius 2 is 1.92 bits per heavy atom. The zero-order valence-electron chi connectivity index (χ0n) is 20.0. The minimum absolute atomic E-state index is 0.116. The first-order valence-electron chi connectivity index (χ1n) is 11.4. The second kappa shape index (κ2) is 10.8. The van der Waals surface area contributed by atoms with Crippen molar-refractivity contribution in [1.29, 1.82) is 0 Å². The van der Waals surface area contributed by atoms with Gasteiger partial charge in [-0.2, -0.15) is 0 Å². The molecule has 0 fully saturated rings. The van der Waals surface area contributed by atoms with E-state index in [2.05, 4.69) is 11.6 Å². The molecule has 5 rings (SSSR count). The van der Waals surface area contributed by atoms with Gasteiger partial charge in [0.05, 0.1) is 25.1 Å². The number of amides is 1. The van der Waals surface area contributed by atoms with Crippen LogP contribution in [0.1, 0.15) is 11.1 Å². The minimum atomic E-state index is -0.377. The number of halogens is 1. The molecule has 0 bridgehead atoms. The minimum Gasteiger partial charge on any atom is -0.497 e. The molecule has 1 aliphatic heterocycles. The summed E-state index contributed by atoms with van der Waals surface area (Å²) in [5.74, 6) is 1.21. The number of thiazole rings is 1. The Balaban J connectivity index is 1.34. The first-order valence-corrected chi connectivity index (χ1v) is 12.2. The van der Waals surface area contributed by atoms with E-state index in [0.717, 1.165) is 17.0 Å². The molecule has 9 heteroatoms. The van der Waals surface area contributed by atoms with E-state index in [-0.39, 0.29) is 25.1 Å². The van der Waals surface area contributed by atoms with Crippen LogP contribution in [0.25, 0.3) is 11.3 Å². The van der Waals surface area contributed by atoms with Gasteiger partial charge in [0.15, 0.2) is 11.9 Å². The lowest BCUT2D eigenvalue weighted by Crippen LogP contribution is -2.23. The molecule has 0 saturated heterocycles. The second-order valence-electron chi connectivity index (χ2n) is 8.07. The maximum atomic E-state index is 14.0. The highest BCUT2D eigenvalue weighted by Crippen LogP contribution is 2.34. The summed E-state index contributed by atoms with van der Waals surface area (Å²) in [6, 6.07) is 17.3. The molecule has 7 nitrogen and oxygen atoms in total. The maximum absolute atomic E-state index is 14.0. The zero-order valence-corrected chi connectivity index (χ0v) is 20.8. The molecule has 4 aromatic rings. The summed E-state index contributed by atoms with van der Waals surface area (Å²) >= 11 is 1.35. The Bertz CT molecular complexity index is 1420. The smallest absolute Gasteiger partial charge is 0.256 e. The first kappa shape index (κ1) is 24.5. The van der Waals surface area contributed by atoms with Gasteiger partial charge in [-0.05, 0) is 66.7 Å². The third kappa shape index (κ3) is 5.32. The molecule has 0 spiro atoms. The van der Waals surface area contributed by atoms with E-state index >= 15 is 0 Å². The molecular formula is C28H23FN2O5S. The third-order valence-electron chi connectivity index (χ3n) is 5.71. The largest absolute Gasteiger partial charge is 0.497 e. The summed E-state index contributed by atoms with van der Waals surface area (Å²) in [5.41, 5.74) is 3.51. The molecule has 2 heterocycles. The Labute approximate surface area is 217 Å². The van der Waals surface area contributed by atoms with E-state index in [0.29, 0.717) is 40.1 Å². The van der Waals surface area contributed by atoms with Gasteiger partial charge in [-0.1, -0.05) is 6.58 Å². The molecule has 37 heavy (non-hydrogen) atoms. The van der Waals surface area contributed by atoms with Gasteiger partial charge < -0.3 is 18.9 Å². The highest BCUT2D eigenvalue weighted by Gasteiger charge is 2.21. The number of aromatic nitrogens is 1. The van der Waals surface area contributed by atoms with Crippen LogP contribution in [0.4, 0.5) is 15.2 Å². The molecule has 188 valence electrons. The van der Waals surface area contributed by atoms with Crippen LogP contribution < -0.4 is 19.1 Å². The van der Waals surface area contributed by atoms with E-state index in [4.69, 9.17) is 18.9 Å². The summed E-state index contributed by atoms with van der Waals surface area (Å²) in [5, 5.41) is 2.40. The van der Waals surface area contributed by atoms with E-state index < -0.39 is 0 Å². The molecule has 1 amide bonds.